The maximum atomic E-state index is 5.02. The summed E-state index contributed by atoms with van der Waals surface area (Å²) in [6.45, 7) is 0. The van der Waals surface area contributed by atoms with Crippen LogP contribution < -0.4 is 0 Å². The van der Waals surface area contributed by atoms with Crippen molar-refractivity contribution in [2.24, 2.45) is 0 Å². The molecule has 12 aromatic rings. The fraction of sp³-hybridized carbons (Fsp3) is 0.0161. The molecule has 0 bridgehead atoms. The molecule has 0 saturated heterocycles. The third-order valence-electron chi connectivity index (χ3n) is 12.8. The molecule has 0 unspecified atom stereocenters. The molecule has 0 N–H and O–H groups in total. The maximum Gasteiger partial charge on any atom is 0.164 e. The van der Waals surface area contributed by atoms with Gasteiger partial charge in [-0.3, -0.25) is 0 Å². The quantitative estimate of drug-likeness (QED) is 0.136. The Labute approximate surface area is 388 Å². The molecule has 0 aliphatic heterocycles. The van der Waals surface area contributed by atoms with Gasteiger partial charge in [0, 0.05) is 36.9 Å². The lowest BCUT2D eigenvalue weighted by atomic mass is 9.65. The van der Waals surface area contributed by atoms with Crippen LogP contribution in [-0.4, -0.2) is 15.0 Å². The van der Waals surface area contributed by atoms with Crippen molar-refractivity contribution in [3.8, 4) is 56.4 Å². The van der Waals surface area contributed by atoms with Crippen LogP contribution in [0.5, 0.6) is 0 Å². The molecule has 2 heterocycles. The number of hydrogen-bond acceptors (Lipinski definition) is 4. The number of hydrogen-bond donors (Lipinski definition) is 0. The molecule has 0 radical (unpaired) electrons. The molecular weight excluding hydrogens is 819 g/mol. The number of fused-ring (bicyclic) bond motifs is 4. The predicted molar refractivity (Wildman–Crippen MR) is 276 cm³/mol. The summed E-state index contributed by atoms with van der Waals surface area (Å²) in [6, 6.07) is 89.3. The third kappa shape index (κ3) is 6.96. The Bertz CT molecular complexity index is 3530. The Kier molecular flexibility index (Phi) is 9.93. The Hall–Kier alpha value is -8.31. The van der Waals surface area contributed by atoms with Gasteiger partial charge in [-0.15, -0.1) is 11.3 Å². The molecule has 66 heavy (non-hydrogen) atoms. The van der Waals surface area contributed by atoms with Gasteiger partial charge in [0.1, 0.15) is 0 Å². The van der Waals surface area contributed by atoms with Gasteiger partial charge in [0.2, 0.25) is 0 Å². The van der Waals surface area contributed by atoms with Gasteiger partial charge in [-0.05, 0) is 91.7 Å². The summed E-state index contributed by atoms with van der Waals surface area (Å²) in [5.74, 6) is 1.95. The summed E-state index contributed by atoms with van der Waals surface area (Å²) in [4.78, 5) is 15.0. The number of nitrogens with zero attached hydrogens (tertiary/aromatic N) is 3. The van der Waals surface area contributed by atoms with Gasteiger partial charge in [0.25, 0.3) is 0 Å². The SMILES string of the molecule is c1ccc(-c2nc(-c3ccccc3)nc(-c3ccc4cc(-c5cc(-c6cccc(C(c7ccccc7)(c7ccccc7)c7ccccc7)c6)cc6sc7ccccc7c56)ccc4c3)n2)cc1. The minimum atomic E-state index is -0.547. The van der Waals surface area contributed by atoms with E-state index in [2.05, 4.69) is 188 Å². The van der Waals surface area contributed by atoms with Crippen LogP contribution in [0.1, 0.15) is 22.3 Å². The van der Waals surface area contributed by atoms with Crippen LogP contribution in [0.2, 0.25) is 0 Å². The second-order valence-electron chi connectivity index (χ2n) is 16.7. The molecule has 3 nitrogen and oxygen atoms in total. The van der Waals surface area contributed by atoms with Crippen molar-refractivity contribution >= 4 is 42.3 Å². The van der Waals surface area contributed by atoms with Crippen molar-refractivity contribution < 1.29 is 0 Å². The van der Waals surface area contributed by atoms with Crippen LogP contribution in [-0.2, 0) is 5.41 Å². The third-order valence-corrected chi connectivity index (χ3v) is 14.0. The molecule has 0 atom stereocenters. The second-order valence-corrected chi connectivity index (χ2v) is 17.8. The average Bonchev–Trinajstić information content (AvgIpc) is 3.78. The molecule has 2 aromatic heterocycles. The normalized spacial score (nSPS) is 11.6. The Morgan fingerprint density at radius 1 is 0.288 bits per heavy atom. The van der Waals surface area contributed by atoms with Crippen molar-refractivity contribution in [3.05, 3.63) is 271 Å². The van der Waals surface area contributed by atoms with Crippen molar-refractivity contribution in [1.29, 1.82) is 0 Å². The zero-order chi connectivity index (χ0) is 43.9. The van der Waals surface area contributed by atoms with Crippen LogP contribution in [0.15, 0.2) is 249 Å². The summed E-state index contributed by atoms with van der Waals surface area (Å²) in [7, 11) is 0. The topological polar surface area (TPSA) is 38.7 Å². The predicted octanol–water partition coefficient (Wildman–Crippen LogP) is 16.1. The fourth-order valence-corrected chi connectivity index (χ4v) is 10.9. The minimum absolute atomic E-state index is 0.547. The first-order chi connectivity index (χ1) is 32.7. The lowest BCUT2D eigenvalue weighted by Crippen LogP contribution is -2.31. The molecule has 0 saturated carbocycles. The number of aromatic nitrogens is 3. The first kappa shape index (κ1) is 39.3. The summed E-state index contributed by atoms with van der Waals surface area (Å²) in [5, 5.41) is 4.83. The molecule has 0 fully saturated rings. The van der Waals surface area contributed by atoms with E-state index in [-0.39, 0.29) is 0 Å². The number of rotatable bonds is 9. The molecule has 0 aliphatic rings. The van der Waals surface area contributed by atoms with Gasteiger partial charge in [0.15, 0.2) is 17.5 Å². The van der Waals surface area contributed by atoms with Crippen LogP contribution in [0.3, 0.4) is 0 Å². The molecule has 0 aliphatic carbocycles. The Morgan fingerprint density at radius 2 is 0.742 bits per heavy atom. The zero-order valence-corrected chi connectivity index (χ0v) is 36.7. The maximum absolute atomic E-state index is 5.02. The zero-order valence-electron chi connectivity index (χ0n) is 35.9. The van der Waals surface area contributed by atoms with E-state index in [0.717, 1.165) is 27.5 Å². The van der Waals surface area contributed by atoms with E-state index in [1.54, 1.807) is 0 Å². The summed E-state index contributed by atoms with van der Waals surface area (Å²) in [5.41, 5.74) is 11.9. The fourth-order valence-electron chi connectivity index (χ4n) is 9.74. The largest absolute Gasteiger partial charge is 0.208 e. The van der Waals surface area contributed by atoms with Crippen molar-refractivity contribution in [2.75, 3.05) is 0 Å². The number of thiophene rings is 1. The van der Waals surface area contributed by atoms with Crippen LogP contribution in [0.25, 0.3) is 87.4 Å². The van der Waals surface area contributed by atoms with Gasteiger partial charge in [-0.2, -0.15) is 0 Å². The first-order valence-corrected chi connectivity index (χ1v) is 23.1. The van der Waals surface area contributed by atoms with Crippen LogP contribution in [0, 0.1) is 0 Å². The lowest BCUT2D eigenvalue weighted by molar-refractivity contribution is 0.745. The van der Waals surface area contributed by atoms with Gasteiger partial charge in [0.05, 0.1) is 5.41 Å². The minimum Gasteiger partial charge on any atom is -0.208 e. The standard InChI is InChI=1S/C62H41N3S/c1-6-19-42(20-7-1)59-63-60(43-21-8-2-9-22-43)65-61(64-59)48-36-34-45-37-47(35-33-46(45)38-48)55-40-49(41-57-58(55)54-31-16-17-32-56(54)66-57)44-23-18-30-53(39-44)62(50-24-10-3-11-25-50,51-26-12-4-13-27-51)52-28-14-5-15-29-52/h1-41H. The van der Waals surface area contributed by atoms with Crippen molar-refractivity contribution in [1.82, 2.24) is 15.0 Å². The average molecular weight is 860 g/mol. The van der Waals surface area contributed by atoms with E-state index in [4.69, 9.17) is 15.0 Å². The summed E-state index contributed by atoms with van der Waals surface area (Å²) in [6.07, 6.45) is 0. The molecule has 12 rings (SSSR count). The summed E-state index contributed by atoms with van der Waals surface area (Å²) >= 11 is 1.86. The highest BCUT2D eigenvalue weighted by Gasteiger charge is 2.38. The van der Waals surface area contributed by atoms with Gasteiger partial charge in [-0.1, -0.05) is 212 Å². The van der Waals surface area contributed by atoms with Gasteiger partial charge in [-0.25, -0.2) is 15.0 Å². The molecule has 4 heteroatoms. The van der Waals surface area contributed by atoms with E-state index in [1.807, 2.05) is 72.0 Å². The van der Waals surface area contributed by atoms with E-state index < -0.39 is 5.41 Å². The highest BCUT2D eigenvalue weighted by molar-refractivity contribution is 7.26. The van der Waals surface area contributed by atoms with E-state index in [0.29, 0.717) is 17.5 Å². The van der Waals surface area contributed by atoms with Crippen molar-refractivity contribution in [3.63, 3.8) is 0 Å². The highest BCUT2D eigenvalue weighted by Crippen LogP contribution is 2.48. The number of benzene rings is 10. The molecule has 0 amide bonds. The second kappa shape index (κ2) is 16.7. The molecular formula is C62H41N3S. The molecule has 0 spiro atoms. The Balaban J connectivity index is 1.00. The lowest BCUT2D eigenvalue weighted by Gasteiger charge is -2.37. The van der Waals surface area contributed by atoms with Crippen LogP contribution >= 0.6 is 11.3 Å². The van der Waals surface area contributed by atoms with Crippen molar-refractivity contribution in [2.45, 2.75) is 5.41 Å². The Morgan fingerprint density at radius 3 is 1.32 bits per heavy atom. The van der Waals surface area contributed by atoms with Gasteiger partial charge >= 0.3 is 0 Å². The molecule has 10 aromatic carbocycles. The first-order valence-electron chi connectivity index (χ1n) is 22.3. The van der Waals surface area contributed by atoms with E-state index in [1.165, 1.54) is 64.7 Å². The van der Waals surface area contributed by atoms with Crippen LogP contribution in [0.4, 0.5) is 0 Å². The van der Waals surface area contributed by atoms with E-state index in [9.17, 15) is 0 Å². The summed E-state index contributed by atoms with van der Waals surface area (Å²) < 4.78 is 2.55. The van der Waals surface area contributed by atoms with Gasteiger partial charge < -0.3 is 0 Å². The van der Waals surface area contributed by atoms with E-state index >= 15 is 0 Å². The smallest absolute Gasteiger partial charge is 0.164 e. The molecule has 310 valence electrons. The highest BCUT2D eigenvalue weighted by atomic mass is 32.1. The monoisotopic (exact) mass is 859 g/mol.